The summed E-state index contributed by atoms with van der Waals surface area (Å²) in [5, 5.41) is 5.80. The van der Waals surface area contributed by atoms with E-state index in [4.69, 9.17) is 0 Å². The summed E-state index contributed by atoms with van der Waals surface area (Å²) in [7, 11) is 0. The summed E-state index contributed by atoms with van der Waals surface area (Å²) in [6.45, 7) is 5.08. The molecule has 0 aromatic carbocycles. The molecule has 1 aliphatic rings. The first-order valence-electron chi connectivity index (χ1n) is 7.18. The number of thiazole rings is 1. The van der Waals surface area contributed by atoms with Crippen molar-refractivity contribution in [2.75, 3.05) is 11.4 Å². The molecule has 1 aromatic rings. The largest absolute Gasteiger partial charge is 0.309 e. The van der Waals surface area contributed by atoms with Crippen LogP contribution in [0.25, 0.3) is 0 Å². The molecular formula is C14H21N3O2S. The molecule has 1 atom stereocenters. The van der Waals surface area contributed by atoms with Crippen molar-refractivity contribution in [1.82, 2.24) is 10.3 Å². The second-order valence-electron chi connectivity index (χ2n) is 5.06. The van der Waals surface area contributed by atoms with Crippen LogP contribution >= 0.6 is 11.3 Å². The predicted octanol–water partition coefficient (Wildman–Crippen LogP) is 2.64. The number of nitrogens with one attached hydrogen (secondary N) is 1. The number of anilines is 1. The number of carbonyl (C=O) groups excluding carboxylic acids is 2. The highest BCUT2D eigenvalue weighted by Gasteiger charge is 2.28. The summed E-state index contributed by atoms with van der Waals surface area (Å²) >= 11 is 1.37. The molecule has 1 fully saturated rings. The van der Waals surface area contributed by atoms with Crippen LogP contribution in [-0.4, -0.2) is 23.3 Å². The van der Waals surface area contributed by atoms with E-state index in [0.717, 1.165) is 31.5 Å². The number of hydrogen-bond donors (Lipinski definition) is 1. The highest BCUT2D eigenvalue weighted by atomic mass is 32.1. The van der Waals surface area contributed by atoms with Gasteiger partial charge in [0.25, 0.3) is 0 Å². The molecule has 0 radical (unpaired) electrons. The van der Waals surface area contributed by atoms with Crippen LogP contribution in [0.2, 0.25) is 0 Å². The Balaban J connectivity index is 2.14. The summed E-state index contributed by atoms with van der Waals surface area (Å²) in [4.78, 5) is 29.8. The van der Waals surface area contributed by atoms with Crippen molar-refractivity contribution in [3.05, 3.63) is 11.1 Å². The van der Waals surface area contributed by atoms with E-state index in [1.54, 1.807) is 0 Å². The molecule has 2 rings (SSSR count). The number of aromatic nitrogens is 1. The highest BCUT2D eigenvalue weighted by Crippen LogP contribution is 2.27. The molecule has 1 aromatic heterocycles. The molecule has 5 nitrogen and oxygen atoms in total. The van der Waals surface area contributed by atoms with E-state index in [1.807, 2.05) is 12.3 Å². The Morgan fingerprint density at radius 3 is 2.60 bits per heavy atom. The zero-order valence-electron chi connectivity index (χ0n) is 12.0. The Morgan fingerprint density at radius 2 is 2.00 bits per heavy atom. The minimum absolute atomic E-state index is 0.123. The van der Waals surface area contributed by atoms with Crippen LogP contribution < -0.4 is 10.2 Å². The Kier molecular flexibility index (Phi) is 5.25. The maximum atomic E-state index is 12.0. The van der Waals surface area contributed by atoms with Gasteiger partial charge in [-0.05, 0) is 32.7 Å². The third-order valence-corrected chi connectivity index (χ3v) is 4.22. The van der Waals surface area contributed by atoms with Gasteiger partial charge >= 0.3 is 0 Å². The van der Waals surface area contributed by atoms with E-state index >= 15 is 0 Å². The molecule has 2 heterocycles. The van der Waals surface area contributed by atoms with Crippen LogP contribution in [0.5, 0.6) is 0 Å². The summed E-state index contributed by atoms with van der Waals surface area (Å²) in [5.74, 6) is -0.245. The second-order valence-corrected chi connectivity index (χ2v) is 5.90. The lowest BCUT2D eigenvalue weighted by atomic mass is 10.2. The van der Waals surface area contributed by atoms with Crippen molar-refractivity contribution in [3.63, 3.8) is 0 Å². The standard InChI is InChI=1S/C14H21N3O2S/c1-3-8-15-10(2)11-9-20-14(16-11)17-12(18)6-4-5-7-13(17)19/h9-10,15H,3-8H2,1-2H3. The minimum Gasteiger partial charge on any atom is -0.309 e. The lowest BCUT2D eigenvalue weighted by Gasteiger charge is -2.15. The molecule has 110 valence electrons. The molecule has 0 spiro atoms. The van der Waals surface area contributed by atoms with Gasteiger partial charge in [-0.2, -0.15) is 0 Å². The van der Waals surface area contributed by atoms with Gasteiger partial charge in [0, 0.05) is 24.3 Å². The van der Waals surface area contributed by atoms with Gasteiger partial charge in [-0.3, -0.25) is 9.59 Å². The number of rotatable bonds is 5. The third kappa shape index (κ3) is 3.43. The van der Waals surface area contributed by atoms with Crippen LogP contribution in [0.1, 0.15) is 57.7 Å². The Morgan fingerprint density at radius 1 is 1.35 bits per heavy atom. The lowest BCUT2D eigenvalue weighted by molar-refractivity contribution is -0.125. The van der Waals surface area contributed by atoms with Crippen LogP contribution in [0.3, 0.4) is 0 Å². The predicted molar refractivity (Wildman–Crippen MR) is 79.8 cm³/mol. The summed E-state index contributed by atoms with van der Waals surface area (Å²) in [5.41, 5.74) is 0.892. The zero-order valence-corrected chi connectivity index (χ0v) is 12.8. The highest BCUT2D eigenvalue weighted by molar-refractivity contribution is 7.14. The smallest absolute Gasteiger partial charge is 0.235 e. The van der Waals surface area contributed by atoms with Gasteiger partial charge < -0.3 is 5.32 Å². The van der Waals surface area contributed by atoms with E-state index in [-0.39, 0.29) is 17.9 Å². The van der Waals surface area contributed by atoms with Crippen LogP contribution in [0.15, 0.2) is 5.38 Å². The molecule has 0 bridgehead atoms. The quantitative estimate of drug-likeness (QED) is 0.848. The van der Waals surface area contributed by atoms with E-state index in [2.05, 4.69) is 17.2 Å². The van der Waals surface area contributed by atoms with Crippen LogP contribution in [0, 0.1) is 0 Å². The first kappa shape index (κ1) is 15.1. The third-order valence-electron chi connectivity index (χ3n) is 3.38. The molecule has 1 unspecified atom stereocenters. The van der Waals surface area contributed by atoms with Crippen molar-refractivity contribution in [3.8, 4) is 0 Å². The Hall–Kier alpha value is -1.27. The zero-order chi connectivity index (χ0) is 14.5. The van der Waals surface area contributed by atoms with Gasteiger partial charge in [-0.1, -0.05) is 6.92 Å². The number of hydrogen-bond acceptors (Lipinski definition) is 5. The van der Waals surface area contributed by atoms with Crippen LogP contribution in [-0.2, 0) is 9.59 Å². The van der Waals surface area contributed by atoms with Crippen molar-refractivity contribution in [2.24, 2.45) is 0 Å². The van der Waals surface area contributed by atoms with E-state index < -0.39 is 0 Å². The molecule has 20 heavy (non-hydrogen) atoms. The van der Waals surface area contributed by atoms with E-state index in [0.29, 0.717) is 18.0 Å². The maximum Gasteiger partial charge on any atom is 0.235 e. The monoisotopic (exact) mass is 295 g/mol. The maximum absolute atomic E-state index is 12.0. The van der Waals surface area contributed by atoms with Gasteiger partial charge in [0.2, 0.25) is 11.8 Å². The number of nitrogens with zero attached hydrogens (tertiary/aromatic N) is 2. The van der Waals surface area contributed by atoms with Crippen molar-refractivity contribution >= 4 is 28.3 Å². The fraction of sp³-hybridized carbons (Fsp3) is 0.643. The SMILES string of the molecule is CCCNC(C)c1csc(N2C(=O)CCCCC2=O)n1. The fourth-order valence-electron chi connectivity index (χ4n) is 2.17. The van der Waals surface area contributed by atoms with Crippen LogP contribution in [0.4, 0.5) is 5.13 Å². The molecule has 1 aliphatic heterocycles. The van der Waals surface area contributed by atoms with Gasteiger partial charge in [0.15, 0.2) is 5.13 Å². The van der Waals surface area contributed by atoms with Crippen molar-refractivity contribution < 1.29 is 9.59 Å². The number of amides is 2. The minimum atomic E-state index is -0.123. The summed E-state index contributed by atoms with van der Waals surface area (Å²) < 4.78 is 0. The van der Waals surface area contributed by atoms with E-state index in [9.17, 15) is 9.59 Å². The topological polar surface area (TPSA) is 62.3 Å². The first-order chi connectivity index (χ1) is 9.63. The van der Waals surface area contributed by atoms with Gasteiger partial charge in [-0.15, -0.1) is 11.3 Å². The Labute approximate surface area is 123 Å². The van der Waals surface area contributed by atoms with Gasteiger partial charge in [0.1, 0.15) is 0 Å². The van der Waals surface area contributed by atoms with Crippen molar-refractivity contribution in [1.29, 1.82) is 0 Å². The molecule has 0 aliphatic carbocycles. The van der Waals surface area contributed by atoms with Gasteiger partial charge in [0.05, 0.1) is 5.69 Å². The molecule has 6 heteroatoms. The average molecular weight is 295 g/mol. The number of carbonyl (C=O) groups is 2. The van der Waals surface area contributed by atoms with E-state index in [1.165, 1.54) is 16.2 Å². The second kappa shape index (κ2) is 6.95. The molecular weight excluding hydrogens is 274 g/mol. The fourth-order valence-corrected chi connectivity index (χ4v) is 3.12. The Bertz CT molecular complexity index is 469. The lowest BCUT2D eigenvalue weighted by Crippen LogP contribution is -2.35. The molecule has 1 N–H and O–H groups in total. The molecule has 2 amide bonds. The normalized spacial score (nSPS) is 18.2. The average Bonchev–Trinajstić information content (AvgIpc) is 2.84. The van der Waals surface area contributed by atoms with Gasteiger partial charge in [-0.25, -0.2) is 9.88 Å². The molecule has 0 saturated carbocycles. The summed E-state index contributed by atoms with van der Waals surface area (Å²) in [6.07, 6.45) is 3.50. The summed E-state index contributed by atoms with van der Waals surface area (Å²) in [6, 6.07) is 0.136. The number of imide groups is 1. The first-order valence-corrected chi connectivity index (χ1v) is 8.06. The van der Waals surface area contributed by atoms with Crippen molar-refractivity contribution in [2.45, 2.75) is 52.0 Å². The molecule has 1 saturated heterocycles.